The Morgan fingerprint density at radius 1 is 1.67 bits per heavy atom. The van der Waals surface area contributed by atoms with Crippen molar-refractivity contribution in [2.45, 2.75) is 25.0 Å². The van der Waals surface area contributed by atoms with E-state index in [1.165, 1.54) is 12.8 Å². The van der Waals surface area contributed by atoms with Gasteiger partial charge in [-0.2, -0.15) is 0 Å². The van der Waals surface area contributed by atoms with Crippen LogP contribution in [0.15, 0.2) is 0 Å². The van der Waals surface area contributed by atoms with Crippen molar-refractivity contribution in [2.24, 2.45) is 5.73 Å². The van der Waals surface area contributed by atoms with Crippen molar-refractivity contribution in [2.75, 3.05) is 13.1 Å². The Balaban J connectivity index is 1.90. The fourth-order valence-electron chi connectivity index (χ4n) is 0.673. The van der Waals surface area contributed by atoms with E-state index in [0.29, 0.717) is 19.1 Å². The van der Waals surface area contributed by atoms with Gasteiger partial charge in [-0.05, 0) is 12.8 Å². The number of nitrogens with one attached hydrogen (secondary N) is 1. The van der Waals surface area contributed by atoms with Gasteiger partial charge in [-0.25, -0.2) is 0 Å². The van der Waals surface area contributed by atoms with Crippen LogP contribution in [0.25, 0.3) is 0 Å². The summed E-state index contributed by atoms with van der Waals surface area (Å²) >= 11 is 0. The van der Waals surface area contributed by atoms with Crippen LogP contribution in [0.4, 0.5) is 0 Å². The molecule has 0 amide bonds. The predicted molar refractivity (Wildman–Crippen MR) is 36.1 cm³/mol. The second-order valence-electron chi connectivity index (χ2n) is 2.57. The molecule has 0 aromatic carbocycles. The molecule has 1 saturated carbocycles. The van der Waals surface area contributed by atoms with Crippen LogP contribution < -0.4 is 11.1 Å². The maximum Gasteiger partial charge on any atom is 0.0786 e. The Kier molecular flexibility index (Phi) is 2.45. The first kappa shape index (κ1) is 6.99. The van der Waals surface area contributed by atoms with Crippen LogP contribution in [0.1, 0.15) is 12.8 Å². The van der Waals surface area contributed by atoms with Crippen LogP contribution in [0.5, 0.6) is 0 Å². The molecule has 3 nitrogen and oxygen atoms in total. The van der Waals surface area contributed by atoms with Crippen molar-refractivity contribution in [3.05, 3.63) is 0 Å². The van der Waals surface area contributed by atoms with Crippen LogP contribution in [-0.2, 0) is 0 Å². The van der Waals surface area contributed by atoms with Crippen molar-refractivity contribution < 1.29 is 5.11 Å². The summed E-state index contributed by atoms with van der Waals surface area (Å²) in [6.45, 7) is 1.01. The summed E-state index contributed by atoms with van der Waals surface area (Å²) in [4.78, 5) is 0. The van der Waals surface area contributed by atoms with Crippen molar-refractivity contribution >= 4 is 0 Å². The zero-order chi connectivity index (χ0) is 6.69. The maximum atomic E-state index is 8.95. The fourth-order valence-corrected chi connectivity index (χ4v) is 0.673. The zero-order valence-corrected chi connectivity index (χ0v) is 5.51. The average Bonchev–Trinajstić information content (AvgIpc) is 2.65. The highest BCUT2D eigenvalue weighted by Gasteiger charge is 2.20. The van der Waals surface area contributed by atoms with E-state index < -0.39 is 0 Å². The lowest BCUT2D eigenvalue weighted by Crippen LogP contribution is -2.33. The van der Waals surface area contributed by atoms with Crippen molar-refractivity contribution in [1.82, 2.24) is 5.32 Å². The van der Waals surface area contributed by atoms with Crippen molar-refractivity contribution in [3.63, 3.8) is 0 Å². The molecule has 0 radical (unpaired) electrons. The Labute approximate surface area is 55.2 Å². The molecule has 1 rings (SSSR count). The van der Waals surface area contributed by atoms with Crippen LogP contribution in [0.3, 0.4) is 0 Å². The van der Waals surface area contributed by atoms with E-state index in [0.717, 1.165) is 0 Å². The van der Waals surface area contributed by atoms with Crippen LogP contribution >= 0.6 is 0 Å². The Morgan fingerprint density at radius 2 is 2.33 bits per heavy atom. The molecule has 0 aliphatic heterocycles. The summed E-state index contributed by atoms with van der Waals surface area (Å²) in [6.07, 6.45) is 2.17. The highest BCUT2D eigenvalue weighted by molar-refractivity contribution is 4.81. The molecule has 1 atom stereocenters. The molecule has 3 heteroatoms. The van der Waals surface area contributed by atoms with Crippen molar-refractivity contribution in [1.29, 1.82) is 0 Å². The number of nitrogens with two attached hydrogens (primary N) is 1. The highest BCUT2D eigenvalue weighted by Crippen LogP contribution is 2.18. The molecule has 0 spiro atoms. The van der Waals surface area contributed by atoms with Crippen LogP contribution in [-0.4, -0.2) is 30.3 Å². The van der Waals surface area contributed by atoms with Gasteiger partial charge in [-0.1, -0.05) is 0 Å². The molecule has 0 saturated heterocycles. The zero-order valence-electron chi connectivity index (χ0n) is 5.51. The van der Waals surface area contributed by atoms with E-state index in [2.05, 4.69) is 5.32 Å². The normalized spacial score (nSPS) is 22.0. The minimum absolute atomic E-state index is 0.356. The molecule has 1 aliphatic carbocycles. The van der Waals surface area contributed by atoms with Gasteiger partial charge in [0.25, 0.3) is 0 Å². The largest absolute Gasteiger partial charge is 0.390 e. The number of aliphatic hydroxyl groups is 1. The van der Waals surface area contributed by atoms with E-state index in [9.17, 15) is 0 Å². The Hall–Kier alpha value is -0.120. The summed E-state index contributed by atoms with van der Waals surface area (Å²) < 4.78 is 0. The van der Waals surface area contributed by atoms with Gasteiger partial charge in [0.15, 0.2) is 0 Å². The van der Waals surface area contributed by atoms with E-state index in [4.69, 9.17) is 10.8 Å². The van der Waals surface area contributed by atoms with E-state index in [-0.39, 0.29) is 6.10 Å². The van der Waals surface area contributed by atoms with Gasteiger partial charge in [-0.3, -0.25) is 0 Å². The van der Waals surface area contributed by atoms with Crippen molar-refractivity contribution in [3.8, 4) is 0 Å². The topological polar surface area (TPSA) is 58.3 Å². The third-order valence-electron chi connectivity index (χ3n) is 1.49. The summed E-state index contributed by atoms with van der Waals surface area (Å²) in [6, 6.07) is 0.672. The molecule has 54 valence electrons. The summed E-state index contributed by atoms with van der Waals surface area (Å²) in [7, 11) is 0. The summed E-state index contributed by atoms with van der Waals surface area (Å²) in [5, 5.41) is 12.1. The molecule has 4 N–H and O–H groups in total. The van der Waals surface area contributed by atoms with Gasteiger partial charge >= 0.3 is 0 Å². The van der Waals surface area contributed by atoms with Gasteiger partial charge in [0.2, 0.25) is 0 Å². The van der Waals surface area contributed by atoms with Gasteiger partial charge in [0.05, 0.1) is 6.10 Å². The van der Waals surface area contributed by atoms with Gasteiger partial charge in [0, 0.05) is 19.1 Å². The molecule has 9 heavy (non-hydrogen) atoms. The van der Waals surface area contributed by atoms with Gasteiger partial charge in [-0.15, -0.1) is 0 Å². The van der Waals surface area contributed by atoms with E-state index in [1.54, 1.807) is 0 Å². The second-order valence-corrected chi connectivity index (χ2v) is 2.57. The minimum atomic E-state index is -0.356. The van der Waals surface area contributed by atoms with Crippen LogP contribution in [0.2, 0.25) is 0 Å². The monoisotopic (exact) mass is 130 g/mol. The maximum absolute atomic E-state index is 8.95. The van der Waals surface area contributed by atoms with Gasteiger partial charge in [0.1, 0.15) is 0 Å². The minimum Gasteiger partial charge on any atom is -0.390 e. The highest BCUT2D eigenvalue weighted by atomic mass is 16.3. The SMILES string of the molecule is NCC(O)CNC1CC1. The smallest absolute Gasteiger partial charge is 0.0786 e. The lowest BCUT2D eigenvalue weighted by Gasteiger charge is -2.06. The first-order chi connectivity index (χ1) is 4.33. The Morgan fingerprint density at radius 3 is 2.78 bits per heavy atom. The number of aliphatic hydroxyl groups excluding tert-OH is 1. The molecule has 1 fully saturated rings. The third kappa shape index (κ3) is 2.79. The fraction of sp³-hybridized carbons (Fsp3) is 1.00. The van der Waals surface area contributed by atoms with E-state index in [1.807, 2.05) is 0 Å². The molecule has 1 aliphatic rings. The molecular formula is C6H14N2O. The Bertz CT molecular complexity index is 83.1. The standard InChI is InChI=1S/C6H14N2O/c7-3-6(9)4-8-5-1-2-5/h5-6,8-9H,1-4,7H2. The quantitative estimate of drug-likeness (QED) is 0.460. The lowest BCUT2D eigenvalue weighted by atomic mass is 10.3. The molecule has 1 unspecified atom stereocenters. The van der Waals surface area contributed by atoms with Gasteiger partial charge < -0.3 is 16.2 Å². The molecule has 0 aromatic rings. The molecule has 0 bridgehead atoms. The molecule has 0 heterocycles. The average molecular weight is 130 g/mol. The van der Waals surface area contributed by atoms with E-state index >= 15 is 0 Å². The first-order valence-electron chi connectivity index (χ1n) is 3.44. The number of rotatable bonds is 4. The first-order valence-corrected chi connectivity index (χ1v) is 3.44. The number of hydrogen-bond acceptors (Lipinski definition) is 3. The molecule has 0 aromatic heterocycles. The lowest BCUT2D eigenvalue weighted by molar-refractivity contribution is 0.179. The third-order valence-corrected chi connectivity index (χ3v) is 1.49. The molecular weight excluding hydrogens is 116 g/mol. The van der Waals surface area contributed by atoms with Crippen LogP contribution in [0, 0.1) is 0 Å². The second kappa shape index (κ2) is 3.15. The predicted octanol–water partition coefficient (Wildman–Crippen LogP) is -0.942. The summed E-state index contributed by atoms with van der Waals surface area (Å²) in [5.74, 6) is 0. The number of hydrogen-bond donors (Lipinski definition) is 3. The summed E-state index contributed by atoms with van der Waals surface area (Å²) in [5.41, 5.74) is 5.19.